The number of fused-ring (bicyclic) bond motifs is 1. The van der Waals surface area contributed by atoms with E-state index in [-0.39, 0.29) is 0 Å². The first-order valence-corrected chi connectivity index (χ1v) is 9.35. The van der Waals surface area contributed by atoms with E-state index >= 15 is 0 Å². The number of benzene rings is 1. The van der Waals surface area contributed by atoms with E-state index in [1.807, 2.05) is 24.4 Å². The van der Waals surface area contributed by atoms with Crippen LogP contribution in [-0.4, -0.2) is 37.9 Å². The summed E-state index contributed by atoms with van der Waals surface area (Å²) in [6, 6.07) is 10.2. The van der Waals surface area contributed by atoms with Crippen molar-refractivity contribution in [3.05, 3.63) is 47.7 Å². The molecule has 2 N–H and O–H groups in total. The number of aliphatic imine (C=N–C) groups is 1. The summed E-state index contributed by atoms with van der Waals surface area (Å²) in [6.45, 7) is 3.85. The predicted octanol–water partition coefficient (Wildman–Crippen LogP) is 2.28. The molecule has 1 aromatic heterocycles. The number of guanidine groups is 1. The summed E-state index contributed by atoms with van der Waals surface area (Å²) in [6.07, 6.45) is 4.46. The second kappa shape index (κ2) is 8.16. The van der Waals surface area contributed by atoms with Gasteiger partial charge in [0.1, 0.15) is 5.82 Å². The van der Waals surface area contributed by atoms with Crippen molar-refractivity contribution in [1.82, 2.24) is 15.6 Å². The van der Waals surface area contributed by atoms with Crippen molar-refractivity contribution in [2.75, 3.05) is 31.8 Å². The van der Waals surface area contributed by atoms with Gasteiger partial charge in [-0.05, 0) is 42.2 Å². The fourth-order valence-corrected chi connectivity index (χ4v) is 3.30. The highest BCUT2D eigenvalue weighted by Gasteiger charge is 2.14. The summed E-state index contributed by atoms with van der Waals surface area (Å²) in [5, 5.41) is 6.64. The smallest absolute Gasteiger partial charge is 0.231 e. The van der Waals surface area contributed by atoms with Crippen molar-refractivity contribution in [3.8, 4) is 11.5 Å². The van der Waals surface area contributed by atoms with Crippen molar-refractivity contribution in [2.45, 2.75) is 25.9 Å². The molecule has 0 saturated carbocycles. The van der Waals surface area contributed by atoms with Gasteiger partial charge in [0.15, 0.2) is 17.5 Å². The normalized spacial score (nSPS) is 15.9. The molecule has 1 aromatic carbocycles. The lowest BCUT2D eigenvalue weighted by Crippen LogP contribution is -2.36. The average Bonchev–Trinajstić information content (AvgIpc) is 3.40. The van der Waals surface area contributed by atoms with E-state index in [1.165, 1.54) is 12.8 Å². The van der Waals surface area contributed by atoms with Crippen molar-refractivity contribution in [1.29, 1.82) is 0 Å². The molecule has 0 bridgehead atoms. The lowest BCUT2D eigenvalue weighted by atomic mass is 10.2. The first kappa shape index (κ1) is 17.5. The molecule has 2 aromatic rings. The van der Waals surface area contributed by atoms with E-state index in [1.54, 1.807) is 7.05 Å². The number of ether oxygens (including phenoxy) is 2. The van der Waals surface area contributed by atoms with Crippen LogP contribution < -0.4 is 25.0 Å². The fraction of sp³-hybridized carbons (Fsp3) is 0.400. The van der Waals surface area contributed by atoms with Crippen LogP contribution in [0.15, 0.2) is 41.5 Å². The predicted molar refractivity (Wildman–Crippen MR) is 105 cm³/mol. The summed E-state index contributed by atoms with van der Waals surface area (Å²) in [5.74, 6) is 3.41. The maximum absolute atomic E-state index is 5.42. The Balaban J connectivity index is 1.27. The molecule has 4 rings (SSSR count). The molecule has 2 aliphatic heterocycles. The van der Waals surface area contributed by atoms with Gasteiger partial charge in [-0.15, -0.1) is 0 Å². The van der Waals surface area contributed by atoms with E-state index < -0.39 is 0 Å². The Bertz CT molecular complexity index is 801. The number of hydrogen-bond donors (Lipinski definition) is 2. The number of rotatable bonds is 5. The van der Waals surface area contributed by atoms with Crippen LogP contribution in [0.2, 0.25) is 0 Å². The number of anilines is 1. The van der Waals surface area contributed by atoms with Gasteiger partial charge in [-0.1, -0.05) is 12.1 Å². The standard InChI is InChI=1S/C20H25N5O2/c1-21-20(23-11-15-4-6-17-18(10-15)27-14-26-17)24-13-16-5-7-19(22-12-16)25-8-2-3-9-25/h4-7,10,12H,2-3,8-9,11,13-14H2,1H3,(H2,21,23,24). The van der Waals surface area contributed by atoms with Gasteiger partial charge in [0.25, 0.3) is 0 Å². The summed E-state index contributed by atoms with van der Waals surface area (Å²) < 4.78 is 10.8. The van der Waals surface area contributed by atoms with Gasteiger partial charge in [-0.3, -0.25) is 4.99 Å². The van der Waals surface area contributed by atoms with E-state index in [0.717, 1.165) is 47.5 Å². The Labute approximate surface area is 159 Å². The monoisotopic (exact) mass is 367 g/mol. The van der Waals surface area contributed by atoms with Crippen molar-refractivity contribution in [2.24, 2.45) is 4.99 Å². The number of hydrogen-bond acceptors (Lipinski definition) is 5. The first-order chi connectivity index (χ1) is 13.3. The summed E-state index contributed by atoms with van der Waals surface area (Å²) >= 11 is 0. The first-order valence-electron chi connectivity index (χ1n) is 9.35. The third-order valence-corrected chi connectivity index (χ3v) is 4.82. The van der Waals surface area contributed by atoms with Gasteiger partial charge < -0.3 is 25.0 Å². The minimum Gasteiger partial charge on any atom is -0.454 e. The van der Waals surface area contributed by atoms with E-state index in [4.69, 9.17) is 9.47 Å². The Morgan fingerprint density at radius 1 is 1.04 bits per heavy atom. The fourth-order valence-electron chi connectivity index (χ4n) is 3.30. The highest BCUT2D eigenvalue weighted by molar-refractivity contribution is 5.79. The lowest BCUT2D eigenvalue weighted by Gasteiger charge is -2.16. The highest BCUT2D eigenvalue weighted by Crippen LogP contribution is 2.32. The van der Waals surface area contributed by atoms with Crippen LogP contribution in [-0.2, 0) is 13.1 Å². The summed E-state index contributed by atoms with van der Waals surface area (Å²) in [7, 11) is 1.77. The van der Waals surface area contributed by atoms with Crippen LogP contribution in [0, 0.1) is 0 Å². The van der Waals surface area contributed by atoms with E-state index in [0.29, 0.717) is 19.9 Å². The average molecular weight is 367 g/mol. The number of nitrogens with zero attached hydrogens (tertiary/aromatic N) is 3. The molecule has 0 spiro atoms. The van der Waals surface area contributed by atoms with Crippen LogP contribution in [0.5, 0.6) is 11.5 Å². The Morgan fingerprint density at radius 3 is 2.52 bits per heavy atom. The van der Waals surface area contributed by atoms with Gasteiger partial charge in [0.05, 0.1) is 0 Å². The third-order valence-electron chi connectivity index (χ3n) is 4.82. The van der Waals surface area contributed by atoms with Crippen LogP contribution >= 0.6 is 0 Å². The quantitative estimate of drug-likeness (QED) is 0.624. The number of aromatic nitrogens is 1. The molecule has 27 heavy (non-hydrogen) atoms. The molecule has 3 heterocycles. The zero-order valence-corrected chi connectivity index (χ0v) is 15.6. The molecule has 0 unspecified atom stereocenters. The largest absolute Gasteiger partial charge is 0.454 e. The molecule has 0 atom stereocenters. The highest BCUT2D eigenvalue weighted by atomic mass is 16.7. The van der Waals surface area contributed by atoms with E-state index in [2.05, 4.69) is 37.6 Å². The maximum Gasteiger partial charge on any atom is 0.231 e. The minimum absolute atomic E-state index is 0.292. The topological polar surface area (TPSA) is 71.0 Å². The Morgan fingerprint density at radius 2 is 1.78 bits per heavy atom. The lowest BCUT2D eigenvalue weighted by molar-refractivity contribution is 0.174. The van der Waals surface area contributed by atoms with Crippen LogP contribution in [0.25, 0.3) is 0 Å². The molecule has 1 fully saturated rings. The molecular formula is C20H25N5O2. The molecule has 142 valence electrons. The number of nitrogens with one attached hydrogen (secondary N) is 2. The molecule has 0 radical (unpaired) electrons. The zero-order valence-electron chi connectivity index (χ0n) is 15.6. The van der Waals surface area contributed by atoms with Gasteiger partial charge in [0, 0.05) is 39.4 Å². The molecule has 7 nitrogen and oxygen atoms in total. The molecule has 2 aliphatic rings. The van der Waals surface area contributed by atoms with Crippen molar-refractivity contribution < 1.29 is 9.47 Å². The third kappa shape index (κ3) is 4.24. The number of pyridine rings is 1. The summed E-state index contributed by atoms with van der Waals surface area (Å²) in [4.78, 5) is 11.2. The Kier molecular flexibility index (Phi) is 5.27. The van der Waals surface area contributed by atoms with Gasteiger partial charge in [-0.25, -0.2) is 4.98 Å². The SMILES string of the molecule is CN=C(NCc1ccc(N2CCCC2)nc1)NCc1ccc2c(c1)OCO2. The molecule has 1 saturated heterocycles. The van der Waals surface area contributed by atoms with Crippen molar-refractivity contribution >= 4 is 11.8 Å². The van der Waals surface area contributed by atoms with Gasteiger partial charge in [-0.2, -0.15) is 0 Å². The maximum atomic E-state index is 5.42. The van der Waals surface area contributed by atoms with Crippen LogP contribution in [0.3, 0.4) is 0 Å². The van der Waals surface area contributed by atoms with E-state index in [9.17, 15) is 0 Å². The molecule has 0 aliphatic carbocycles. The van der Waals surface area contributed by atoms with Gasteiger partial charge in [0.2, 0.25) is 6.79 Å². The summed E-state index contributed by atoms with van der Waals surface area (Å²) in [5.41, 5.74) is 2.24. The zero-order chi connectivity index (χ0) is 18.5. The molecular weight excluding hydrogens is 342 g/mol. The van der Waals surface area contributed by atoms with Crippen molar-refractivity contribution in [3.63, 3.8) is 0 Å². The second-order valence-electron chi connectivity index (χ2n) is 6.69. The van der Waals surface area contributed by atoms with Crippen LogP contribution in [0.1, 0.15) is 24.0 Å². The molecule has 0 amide bonds. The second-order valence-corrected chi connectivity index (χ2v) is 6.69. The Hall–Kier alpha value is -2.96. The van der Waals surface area contributed by atoms with Crippen LogP contribution in [0.4, 0.5) is 5.82 Å². The van der Waals surface area contributed by atoms with Gasteiger partial charge >= 0.3 is 0 Å². The minimum atomic E-state index is 0.292. The molecule has 7 heteroatoms.